The maximum Gasteiger partial charge on any atom is 0.123 e. The molecule has 1 aliphatic rings. The van der Waals surface area contributed by atoms with Crippen LogP contribution in [0, 0.1) is 5.82 Å². The van der Waals surface area contributed by atoms with E-state index in [0.29, 0.717) is 18.5 Å². The third kappa shape index (κ3) is 2.77. The summed E-state index contributed by atoms with van der Waals surface area (Å²) in [5.41, 5.74) is 0.986. The van der Waals surface area contributed by atoms with Crippen molar-refractivity contribution in [1.29, 1.82) is 0 Å². The van der Waals surface area contributed by atoms with Crippen LogP contribution in [-0.4, -0.2) is 24.6 Å². The zero-order valence-electron chi connectivity index (χ0n) is 8.16. The van der Waals surface area contributed by atoms with Crippen molar-refractivity contribution in [2.24, 2.45) is 0 Å². The minimum absolute atomic E-state index is 0.0282. The Kier molecular flexibility index (Phi) is 3.72. The molecule has 15 heavy (non-hydrogen) atoms. The highest BCUT2D eigenvalue weighted by molar-refractivity contribution is 9.09. The topological polar surface area (TPSA) is 18.5 Å². The van der Waals surface area contributed by atoms with E-state index in [0.717, 1.165) is 5.56 Å². The fraction of sp³-hybridized carbons (Fsp3) is 0.455. The standard InChI is InChI=1S/C11H12BrFO2/c12-5-11(15-10-6-14-7-10)8-1-3-9(13)4-2-8/h1-4,10-11H,5-7H2. The average Bonchev–Trinajstić information content (AvgIpc) is 2.19. The lowest BCUT2D eigenvalue weighted by molar-refractivity contribution is -0.150. The van der Waals surface area contributed by atoms with E-state index in [4.69, 9.17) is 9.47 Å². The van der Waals surface area contributed by atoms with Gasteiger partial charge in [0.2, 0.25) is 0 Å². The smallest absolute Gasteiger partial charge is 0.123 e. The molecule has 0 aromatic heterocycles. The summed E-state index contributed by atoms with van der Waals surface area (Å²) in [5.74, 6) is -0.223. The van der Waals surface area contributed by atoms with Gasteiger partial charge < -0.3 is 9.47 Å². The van der Waals surface area contributed by atoms with Gasteiger partial charge in [-0.25, -0.2) is 4.39 Å². The maximum atomic E-state index is 12.7. The SMILES string of the molecule is Fc1ccc(C(CBr)OC2COC2)cc1. The highest BCUT2D eigenvalue weighted by atomic mass is 79.9. The zero-order chi connectivity index (χ0) is 10.7. The third-order valence-corrected chi connectivity index (χ3v) is 2.93. The highest BCUT2D eigenvalue weighted by Crippen LogP contribution is 2.23. The highest BCUT2D eigenvalue weighted by Gasteiger charge is 2.23. The van der Waals surface area contributed by atoms with Crippen molar-refractivity contribution in [3.05, 3.63) is 35.6 Å². The van der Waals surface area contributed by atoms with Crippen LogP contribution in [0.25, 0.3) is 0 Å². The summed E-state index contributed by atoms with van der Waals surface area (Å²) in [5, 5.41) is 0.704. The predicted molar refractivity (Wildman–Crippen MR) is 58.6 cm³/mol. The molecule has 1 aliphatic heterocycles. The lowest BCUT2D eigenvalue weighted by Crippen LogP contribution is -2.37. The molecule has 1 aromatic carbocycles. The van der Waals surface area contributed by atoms with E-state index in [2.05, 4.69) is 15.9 Å². The van der Waals surface area contributed by atoms with Gasteiger partial charge in [-0.15, -0.1) is 0 Å². The van der Waals surface area contributed by atoms with Crippen molar-refractivity contribution in [2.75, 3.05) is 18.5 Å². The second-order valence-electron chi connectivity index (χ2n) is 3.49. The number of halogens is 2. The van der Waals surface area contributed by atoms with Crippen molar-refractivity contribution < 1.29 is 13.9 Å². The first-order chi connectivity index (χ1) is 7.29. The Morgan fingerprint density at radius 2 is 2.07 bits per heavy atom. The van der Waals surface area contributed by atoms with E-state index in [-0.39, 0.29) is 18.0 Å². The molecule has 2 rings (SSSR count). The quantitative estimate of drug-likeness (QED) is 0.786. The first kappa shape index (κ1) is 11.0. The Labute approximate surface area is 96.5 Å². The molecule has 0 amide bonds. The lowest BCUT2D eigenvalue weighted by Gasteiger charge is -2.30. The van der Waals surface area contributed by atoms with Crippen LogP contribution in [-0.2, 0) is 9.47 Å². The number of benzene rings is 1. The van der Waals surface area contributed by atoms with Crippen LogP contribution in [0.1, 0.15) is 11.7 Å². The van der Waals surface area contributed by atoms with Crippen molar-refractivity contribution in [3.63, 3.8) is 0 Å². The van der Waals surface area contributed by atoms with E-state index in [9.17, 15) is 4.39 Å². The molecule has 0 radical (unpaired) electrons. The molecule has 0 spiro atoms. The Morgan fingerprint density at radius 3 is 2.53 bits per heavy atom. The van der Waals surface area contributed by atoms with Gasteiger partial charge in [-0.2, -0.15) is 0 Å². The molecule has 82 valence electrons. The van der Waals surface area contributed by atoms with E-state index < -0.39 is 0 Å². The average molecular weight is 275 g/mol. The summed E-state index contributed by atoms with van der Waals surface area (Å²) < 4.78 is 23.5. The number of hydrogen-bond acceptors (Lipinski definition) is 2. The first-order valence-electron chi connectivity index (χ1n) is 4.84. The summed E-state index contributed by atoms with van der Waals surface area (Å²) in [6.07, 6.45) is 0.150. The molecule has 1 unspecified atom stereocenters. The summed E-state index contributed by atoms with van der Waals surface area (Å²) in [7, 11) is 0. The van der Waals surface area contributed by atoms with Crippen LogP contribution >= 0.6 is 15.9 Å². The van der Waals surface area contributed by atoms with Crippen LogP contribution in [0.3, 0.4) is 0 Å². The molecule has 1 aromatic rings. The van der Waals surface area contributed by atoms with Crippen LogP contribution in [0.4, 0.5) is 4.39 Å². The van der Waals surface area contributed by atoms with Crippen molar-refractivity contribution in [1.82, 2.24) is 0 Å². The molecular formula is C11H12BrFO2. The van der Waals surface area contributed by atoms with Crippen LogP contribution < -0.4 is 0 Å². The molecular weight excluding hydrogens is 263 g/mol. The number of hydrogen-bond donors (Lipinski definition) is 0. The number of rotatable bonds is 4. The molecule has 1 atom stereocenters. The monoisotopic (exact) mass is 274 g/mol. The Balaban J connectivity index is 2.01. The number of alkyl halides is 1. The van der Waals surface area contributed by atoms with Gasteiger partial charge in [-0.3, -0.25) is 0 Å². The third-order valence-electron chi connectivity index (χ3n) is 2.35. The first-order valence-corrected chi connectivity index (χ1v) is 5.96. The van der Waals surface area contributed by atoms with E-state index >= 15 is 0 Å². The Morgan fingerprint density at radius 1 is 1.40 bits per heavy atom. The summed E-state index contributed by atoms with van der Waals surface area (Å²) in [4.78, 5) is 0. The maximum absolute atomic E-state index is 12.7. The fourth-order valence-corrected chi connectivity index (χ4v) is 1.93. The largest absolute Gasteiger partial charge is 0.376 e. The molecule has 0 saturated carbocycles. The van der Waals surface area contributed by atoms with E-state index in [1.54, 1.807) is 12.1 Å². The van der Waals surface area contributed by atoms with E-state index in [1.807, 2.05) is 0 Å². The molecule has 0 N–H and O–H groups in total. The lowest BCUT2D eigenvalue weighted by atomic mass is 10.1. The fourth-order valence-electron chi connectivity index (χ4n) is 1.41. The molecule has 1 saturated heterocycles. The Bertz CT molecular complexity index is 311. The van der Waals surface area contributed by atoms with Crippen LogP contribution in [0.15, 0.2) is 24.3 Å². The molecule has 2 nitrogen and oxygen atoms in total. The minimum Gasteiger partial charge on any atom is -0.376 e. The van der Waals surface area contributed by atoms with Crippen LogP contribution in [0.5, 0.6) is 0 Å². The molecule has 1 fully saturated rings. The molecule has 0 bridgehead atoms. The van der Waals surface area contributed by atoms with Gasteiger partial charge in [0.1, 0.15) is 11.9 Å². The van der Waals surface area contributed by atoms with Gasteiger partial charge in [-0.1, -0.05) is 28.1 Å². The zero-order valence-corrected chi connectivity index (χ0v) is 9.74. The summed E-state index contributed by atoms with van der Waals surface area (Å²) in [6.45, 7) is 1.31. The summed E-state index contributed by atoms with van der Waals surface area (Å²) in [6, 6.07) is 6.40. The normalized spacial score (nSPS) is 18.5. The predicted octanol–water partition coefficient (Wildman–Crippen LogP) is 2.68. The van der Waals surface area contributed by atoms with Gasteiger partial charge in [0.05, 0.1) is 19.3 Å². The van der Waals surface area contributed by atoms with Gasteiger partial charge in [0, 0.05) is 5.33 Å². The summed E-state index contributed by atoms with van der Waals surface area (Å²) >= 11 is 3.39. The Hall–Kier alpha value is -0.450. The van der Waals surface area contributed by atoms with Gasteiger partial charge in [-0.05, 0) is 17.7 Å². The van der Waals surface area contributed by atoms with Gasteiger partial charge in [0.15, 0.2) is 0 Å². The number of ether oxygens (including phenoxy) is 2. The van der Waals surface area contributed by atoms with Crippen LogP contribution in [0.2, 0.25) is 0 Å². The van der Waals surface area contributed by atoms with Crippen molar-refractivity contribution in [3.8, 4) is 0 Å². The molecule has 4 heteroatoms. The van der Waals surface area contributed by atoms with Gasteiger partial charge in [0.25, 0.3) is 0 Å². The van der Waals surface area contributed by atoms with E-state index in [1.165, 1.54) is 12.1 Å². The van der Waals surface area contributed by atoms with Crippen molar-refractivity contribution >= 4 is 15.9 Å². The second-order valence-corrected chi connectivity index (χ2v) is 4.14. The van der Waals surface area contributed by atoms with Crippen molar-refractivity contribution in [2.45, 2.75) is 12.2 Å². The minimum atomic E-state index is -0.223. The second kappa shape index (κ2) is 5.05. The van der Waals surface area contributed by atoms with Gasteiger partial charge >= 0.3 is 0 Å². The molecule has 1 heterocycles. The molecule has 0 aliphatic carbocycles.